The van der Waals surface area contributed by atoms with Crippen molar-refractivity contribution in [2.24, 2.45) is 0 Å². The van der Waals surface area contributed by atoms with Crippen LogP contribution >= 0.6 is 15.9 Å². The normalized spacial score (nSPS) is 9.65. The van der Waals surface area contributed by atoms with Crippen LogP contribution in [-0.4, -0.2) is 6.03 Å². The smallest absolute Gasteiger partial charge is 0.308 e. The lowest BCUT2D eigenvalue weighted by Gasteiger charge is -2.10. The van der Waals surface area contributed by atoms with Gasteiger partial charge in [0.25, 0.3) is 0 Å². The van der Waals surface area contributed by atoms with Gasteiger partial charge in [-0.1, -0.05) is 12.1 Å². The monoisotopic (exact) mass is 329 g/mol. The van der Waals surface area contributed by atoms with Gasteiger partial charge in [-0.2, -0.15) is 5.26 Å². The first kappa shape index (κ1) is 14.1. The summed E-state index contributed by atoms with van der Waals surface area (Å²) in [7, 11) is 0. The molecule has 0 saturated carbocycles. The minimum atomic E-state index is -0.332. The summed E-state index contributed by atoms with van der Waals surface area (Å²) in [4.78, 5) is 11.9. The van der Waals surface area contributed by atoms with Crippen molar-refractivity contribution in [2.75, 3.05) is 10.6 Å². The van der Waals surface area contributed by atoms with Crippen LogP contribution in [0.15, 0.2) is 46.9 Å². The Kier molecular flexibility index (Phi) is 4.38. The zero-order chi connectivity index (χ0) is 14.5. The van der Waals surface area contributed by atoms with Crippen LogP contribution in [0.1, 0.15) is 11.1 Å². The maximum Gasteiger partial charge on any atom is 0.323 e. The van der Waals surface area contributed by atoms with E-state index < -0.39 is 0 Å². The Morgan fingerprint density at radius 3 is 2.50 bits per heavy atom. The molecule has 0 aliphatic rings. The highest BCUT2D eigenvalue weighted by molar-refractivity contribution is 9.10. The van der Waals surface area contributed by atoms with Gasteiger partial charge >= 0.3 is 6.03 Å². The Hall–Kier alpha value is -2.32. The topological polar surface area (TPSA) is 64.9 Å². The lowest BCUT2D eigenvalue weighted by Crippen LogP contribution is -2.19. The molecule has 0 aromatic heterocycles. The summed E-state index contributed by atoms with van der Waals surface area (Å²) < 4.78 is 0.856. The second-order valence-electron chi connectivity index (χ2n) is 4.20. The molecule has 0 heterocycles. The third kappa shape index (κ3) is 3.37. The Morgan fingerprint density at radius 1 is 1.15 bits per heavy atom. The van der Waals surface area contributed by atoms with Crippen LogP contribution in [0.5, 0.6) is 0 Å². The van der Waals surface area contributed by atoms with Crippen LogP contribution in [0.25, 0.3) is 0 Å². The molecule has 0 unspecified atom stereocenters. The van der Waals surface area contributed by atoms with Gasteiger partial charge in [0.2, 0.25) is 0 Å². The van der Waals surface area contributed by atoms with Crippen molar-refractivity contribution in [1.82, 2.24) is 0 Å². The minimum Gasteiger partial charge on any atom is -0.308 e. The van der Waals surface area contributed by atoms with Crippen LogP contribution in [0.3, 0.4) is 0 Å². The lowest BCUT2D eigenvalue weighted by molar-refractivity contribution is 0.262. The SMILES string of the molecule is Cc1cccc(NC(=O)Nc2ccc(C#N)cc2)c1Br. The first-order valence-corrected chi connectivity index (χ1v) is 6.73. The van der Waals surface area contributed by atoms with Gasteiger partial charge in [0.1, 0.15) is 0 Å². The Bertz CT molecular complexity index is 675. The first-order valence-electron chi connectivity index (χ1n) is 5.93. The van der Waals surface area contributed by atoms with E-state index in [0.29, 0.717) is 16.9 Å². The van der Waals surface area contributed by atoms with E-state index in [1.165, 1.54) is 0 Å². The molecule has 100 valence electrons. The van der Waals surface area contributed by atoms with Gasteiger partial charge in [-0.15, -0.1) is 0 Å². The number of urea groups is 1. The molecule has 0 bridgehead atoms. The molecule has 2 N–H and O–H groups in total. The van der Waals surface area contributed by atoms with Gasteiger partial charge in [0.15, 0.2) is 0 Å². The quantitative estimate of drug-likeness (QED) is 0.863. The fourth-order valence-corrected chi connectivity index (χ4v) is 2.02. The highest BCUT2D eigenvalue weighted by atomic mass is 79.9. The van der Waals surface area contributed by atoms with E-state index in [4.69, 9.17) is 5.26 Å². The summed E-state index contributed by atoms with van der Waals surface area (Å²) >= 11 is 3.43. The highest BCUT2D eigenvalue weighted by Gasteiger charge is 2.07. The molecule has 0 atom stereocenters. The number of rotatable bonds is 2. The van der Waals surface area contributed by atoms with Gasteiger partial charge in [-0.05, 0) is 58.7 Å². The maximum atomic E-state index is 11.9. The molecule has 2 aromatic carbocycles. The molecule has 5 heteroatoms. The summed E-state index contributed by atoms with van der Waals surface area (Å²) in [5.41, 5.74) is 2.93. The van der Waals surface area contributed by atoms with Crippen molar-refractivity contribution in [1.29, 1.82) is 5.26 Å². The molecular formula is C15H12BrN3O. The summed E-state index contributed by atoms with van der Waals surface area (Å²) in [6, 6.07) is 14.0. The fraction of sp³-hybridized carbons (Fsp3) is 0.0667. The number of carbonyl (C=O) groups excluding carboxylic acids is 1. The van der Waals surface area contributed by atoms with Crippen LogP contribution in [0.2, 0.25) is 0 Å². The number of nitriles is 1. The molecule has 0 aliphatic carbocycles. The van der Waals surface area contributed by atoms with Crippen LogP contribution in [0, 0.1) is 18.3 Å². The standard InChI is InChI=1S/C15H12BrN3O/c1-10-3-2-4-13(14(10)16)19-15(20)18-12-7-5-11(9-17)6-8-12/h2-8H,1H3,(H2,18,19,20). The molecule has 0 saturated heterocycles. The number of nitrogens with zero attached hydrogens (tertiary/aromatic N) is 1. The number of aryl methyl sites for hydroxylation is 1. The maximum absolute atomic E-state index is 11.9. The Morgan fingerprint density at radius 2 is 1.85 bits per heavy atom. The zero-order valence-electron chi connectivity index (χ0n) is 10.8. The van der Waals surface area contributed by atoms with E-state index in [2.05, 4.69) is 26.6 Å². The number of anilines is 2. The Balaban J connectivity index is 2.05. The lowest BCUT2D eigenvalue weighted by atomic mass is 10.2. The molecule has 2 rings (SSSR count). The first-order chi connectivity index (χ1) is 9.60. The van der Waals surface area contributed by atoms with E-state index in [1.807, 2.05) is 31.2 Å². The van der Waals surface area contributed by atoms with Crippen molar-refractivity contribution >= 4 is 33.3 Å². The van der Waals surface area contributed by atoms with Crippen molar-refractivity contribution in [2.45, 2.75) is 6.92 Å². The molecule has 0 fully saturated rings. The molecular weight excluding hydrogens is 318 g/mol. The number of carbonyl (C=O) groups is 1. The van der Waals surface area contributed by atoms with Gasteiger partial charge in [-0.25, -0.2) is 4.79 Å². The van der Waals surface area contributed by atoms with Crippen molar-refractivity contribution in [3.8, 4) is 6.07 Å². The number of nitrogens with one attached hydrogen (secondary N) is 2. The van der Waals surface area contributed by atoms with E-state index in [9.17, 15) is 4.79 Å². The molecule has 20 heavy (non-hydrogen) atoms. The molecule has 4 nitrogen and oxygen atoms in total. The van der Waals surface area contributed by atoms with Crippen molar-refractivity contribution < 1.29 is 4.79 Å². The molecule has 0 spiro atoms. The van der Waals surface area contributed by atoms with Crippen molar-refractivity contribution in [3.63, 3.8) is 0 Å². The summed E-state index contributed by atoms with van der Waals surface area (Å²) in [5.74, 6) is 0. The third-order valence-corrected chi connectivity index (χ3v) is 3.76. The number of hydrogen-bond donors (Lipinski definition) is 2. The fourth-order valence-electron chi connectivity index (χ4n) is 1.66. The predicted molar refractivity (Wildman–Crippen MR) is 82.7 cm³/mol. The molecule has 0 radical (unpaired) electrons. The van der Waals surface area contributed by atoms with Gasteiger partial charge in [0, 0.05) is 10.2 Å². The van der Waals surface area contributed by atoms with Crippen LogP contribution in [-0.2, 0) is 0 Å². The van der Waals surface area contributed by atoms with E-state index >= 15 is 0 Å². The molecule has 2 amide bonds. The van der Waals surface area contributed by atoms with Crippen LogP contribution < -0.4 is 10.6 Å². The number of amides is 2. The van der Waals surface area contributed by atoms with Crippen molar-refractivity contribution in [3.05, 3.63) is 58.1 Å². The zero-order valence-corrected chi connectivity index (χ0v) is 12.4. The van der Waals surface area contributed by atoms with Gasteiger partial charge in [-0.3, -0.25) is 0 Å². The van der Waals surface area contributed by atoms with E-state index in [1.54, 1.807) is 24.3 Å². The summed E-state index contributed by atoms with van der Waals surface area (Å²) in [6.07, 6.45) is 0. The predicted octanol–water partition coefficient (Wildman–Crippen LogP) is 4.27. The average molecular weight is 330 g/mol. The molecule has 0 aliphatic heterocycles. The summed E-state index contributed by atoms with van der Waals surface area (Å²) in [6.45, 7) is 1.95. The average Bonchev–Trinajstić information content (AvgIpc) is 2.45. The van der Waals surface area contributed by atoms with Crippen LogP contribution in [0.4, 0.5) is 16.2 Å². The minimum absolute atomic E-state index is 0.332. The van der Waals surface area contributed by atoms with Gasteiger partial charge < -0.3 is 10.6 Å². The second-order valence-corrected chi connectivity index (χ2v) is 5.00. The number of hydrogen-bond acceptors (Lipinski definition) is 2. The second kappa shape index (κ2) is 6.22. The Labute approximate surface area is 125 Å². The van der Waals surface area contributed by atoms with Gasteiger partial charge in [0.05, 0.1) is 17.3 Å². The van der Waals surface area contributed by atoms with E-state index in [-0.39, 0.29) is 6.03 Å². The van der Waals surface area contributed by atoms with E-state index in [0.717, 1.165) is 10.0 Å². The number of benzene rings is 2. The summed E-state index contributed by atoms with van der Waals surface area (Å²) in [5, 5.41) is 14.2. The highest BCUT2D eigenvalue weighted by Crippen LogP contribution is 2.25. The third-order valence-electron chi connectivity index (χ3n) is 2.71. The largest absolute Gasteiger partial charge is 0.323 e. The number of halogens is 1. The molecule has 2 aromatic rings.